The van der Waals surface area contributed by atoms with Crippen molar-refractivity contribution in [1.29, 1.82) is 0 Å². The molecule has 0 bridgehead atoms. The second-order valence-corrected chi connectivity index (χ2v) is 8.42. The Labute approximate surface area is 178 Å². The van der Waals surface area contributed by atoms with E-state index in [1.54, 1.807) is 17.0 Å². The fourth-order valence-electron chi connectivity index (χ4n) is 3.86. The van der Waals surface area contributed by atoms with Gasteiger partial charge in [-0.3, -0.25) is 9.59 Å². The first-order valence-electron chi connectivity index (χ1n) is 10.3. The zero-order chi connectivity index (χ0) is 20.8. The van der Waals surface area contributed by atoms with Crippen molar-refractivity contribution < 1.29 is 9.59 Å². The maximum absolute atomic E-state index is 13.2. The summed E-state index contributed by atoms with van der Waals surface area (Å²) in [5, 5.41) is 3.77. The van der Waals surface area contributed by atoms with Crippen molar-refractivity contribution in [2.45, 2.75) is 64.6 Å². The van der Waals surface area contributed by atoms with Gasteiger partial charge in [-0.05, 0) is 49.9 Å². The average molecular weight is 413 g/mol. The van der Waals surface area contributed by atoms with E-state index >= 15 is 0 Å². The molecule has 2 aromatic carbocycles. The Morgan fingerprint density at radius 1 is 1.10 bits per heavy atom. The molecule has 5 heteroatoms. The van der Waals surface area contributed by atoms with Gasteiger partial charge in [-0.25, -0.2) is 0 Å². The Hall–Kier alpha value is -2.33. The van der Waals surface area contributed by atoms with Crippen LogP contribution >= 0.6 is 11.6 Å². The third-order valence-electron chi connectivity index (χ3n) is 5.57. The van der Waals surface area contributed by atoms with Crippen molar-refractivity contribution >= 4 is 23.4 Å². The lowest BCUT2D eigenvalue weighted by Gasteiger charge is -2.30. The molecule has 2 aromatic rings. The third kappa shape index (κ3) is 6.07. The second-order valence-electron chi connectivity index (χ2n) is 7.98. The van der Waals surface area contributed by atoms with Gasteiger partial charge in [0.1, 0.15) is 6.04 Å². The van der Waals surface area contributed by atoms with Gasteiger partial charge in [-0.1, -0.05) is 66.4 Å². The zero-order valence-electron chi connectivity index (χ0n) is 17.2. The van der Waals surface area contributed by atoms with Crippen LogP contribution in [0.4, 0.5) is 0 Å². The fourth-order valence-corrected chi connectivity index (χ4v) is 3.99. The van der Waals surface area contributed by atoms with E-state index in [0.717, 1.165) is 42.4 Å². The van der Waals surface area contributed by atoms with E-state index < -0.39 is 6.04 Å². The predicted molar refractivity (Wildman–Crippen MR) is 117 cm³/mol. The van der Waals surface area contributed by atoms with E-state index in [9.17, 15) is 9.59 Å². The number of carbonyl (C=O) groups is 2. The molecule has 29 heavy (non-hydrogen) atoms. The number of hydrogen-bond donors (Lipinski definition) is 1. The van der Waals surface area contributed by atoms with Crippen molar-refractivity contribution in [3.8, 4) is 0 Å². The van der Waals surface area contributed by atoms with E-state index in [4.69, 9.17) is 11.6 Å². The number of aryl methyl sites for hydroxylation is 1. The molecule has 1 N–H and O–H groups in total. The van der Waals surface area contributed by atoms with E-state index in [-0.39, 0.29) is 24.3 Å². The van der Waals surface area contributed by atoms with Crippen LogP contribution in [0.3, 0.4) is 0 Å². The standard InChI is InChI=1S/C24H29ClN2O2/c1-17-6-5-7-20(14-17)16-27(18(2)24(29)26-22-8-3-4-9-22)23(28)15-19-10-12-21(25)13-11-19/h5-7,10-14,18,22H,3-4,8-9,15-16H2,1-2H3,(H,26,29). The minimum Gasteiger partial charge on any atom is -0.352 e. The minimum atomic E-state index is -0.532. The molecule has 0 aromatic heterocycles. The predicted octanol–water partition coefficient (Wildman–Crippen LogP) is 4.67. The maximum Gasteiger partial charge on any atom is 0.242 e. The van der Waals surface area contributed by atoms with Crippen LogP contribution in [0.15, 0.2) is 48.5 Å². The van der Waals surface area contributed by atoms with Crippen LogP contribution in [-0.2, 0) is 22.6 Å². The zero-order valence-corrected chi connectivity index (χ0v) is 17.9. The number of rotatable bonds is 7. The monoisotopic (exact) mass is 412 g/mol. The van der Waals surface area contributed by atoms with Gasteiger partial charge in [0.25, 0.3) is 0 Å². The van der Waals surface area contributed by atoms with E-state index in [0.29, 0.717) is 11.6 Å². The second kappa shape index (κ2) is 9.93. The Balaban J connectivity index is 1.76. The first-order valence-corrected chi connectivity index (χ1v) is 10.7. The summed E-state index contributed by atoms with van der Waals surface area (Å²) in [6.07, 6.45) is 4.60. The summed E-state index contributed by atoms with van der Waals surface area (Å²) in [5.74, 6) is -0.142. The molecule has 2 amide bonds. The molecule has 0 aliphatic heterocycles. The van der Waals surface area contributed by atoms with Crippen LogP contribution in [0.5, 0.6) is 0 Å². The molecule has 1 fully saturated rings. The summed E-state index contributed by atoms with van der Waals surface area (Å²) < 4.78 is 0. The number of amides is 2. The number of carbonyl (C=O) groups excluding carboxylic acids is 2. The lowest BCUT2D eigenvalue weighted by atomic mass is 10.1. The highest BCUT2D eigenvalue weighted by Gasteiger charge is 2.28. The first-order chi connectivity index (χ1) is 13.9. The maximum atomic E-state index is 13.2. The molecule has 0 heterocycles. The molecule has 4 nitrogen and oxygen atoms in total. The summed E-state index contributed by atoms with van der Waals surface area (Å²) in [4.78, 5) is 27.7. The third-order valence-corrected chi connectivity index (χ3v) is 5.82. The Kier molecular flexibility index (Phi) is 7.32. The van der Waals surface area contributed by atoms with Crippen molar-refractivity contribution in [2.75, 3.05) is 0 Å². The molecule has 1 saturated carbocycles. The van der Waals surface area contributed by atoms with Crippen LogP contribution in [0, 0.1) is 6.92 Å². The van der Waals surface area contributed by atoms with Gasteiger partial charge in [0.05, 0.1) is 6.42 Å². The van der Waals surface area contributed by atoms with Crippen molar-refractivity contribution in [1.82, 2.24) is 10.2 Å². The van der Waals surface area contributed by atoms with Crippen LogP contribution in [0.2, 0.25) is 5.02 Å². The Morgan fingerprint density at radius 2 is 1.79 bits per heavy atom. The Morgan fingerprint density at radius 3 is 2.45 bits per heavy atom. The van der Waals surface area contributed by atoms with Crippen molar-refractivity contribution in [2.24, 2.45) is 0 Å². The molecule has 1 unspecified atom stereocenters. The molecular formula is C24H29ClN2O2. The quantitative estimate of drug-likeness (QED) is 0.718. The smallest absolute Gasteiger partial charge is 0.242 e. The SMILES string of the molecule is Cc1cccc(CN(C(=O)Cc2ccc(Cl)cc2)C(C)C(=O)NC2CCCC2)c1. The van der Waals surface area contributed by atoms with Gasteiger partial charge >= 0.3 is 0 Å². The summed E-state index contributed by atoms with van der Waals surface area (Å²) in [5.41, 5.74) is 3.04. The van der Waals surface area contributed by atoms with Crippen molar-refractivity contribution in [3.05, 3.63) is 70.2 Å². The topological polar surface area (TPSA) is 49.4 Å². The van der Waals surface area contributed by atoms with Crippen LogP contribution in [-0.4, -0.2) is 28.8 Å². The Bertz CT molecular complexity index is 844. The highest BCUT2D eigenvalue weighted by atomic mass is 35.5. The lowest BCUT2D eigenvalue weighted by molar-refractivity contribution is -0.140. The minimum absolute atomic E-state index is 0.0668. The van der Waals surface area contributed by atoms with Gasteiger partial charge < -0.3 is 10.2 Å². The molecule has 3 rings (SSSR count). The molecule has 0 radical (unpaired) electrons. The summed E-state index contributed by atoms with van der Waals surface area (Å²) in [7, 11) is 0. The highest BCUT2D eigenvalue weighted by molar-refractivity contribution is 6.30. The average Bonchev–Trinajstić information content (AvgIpc) is 3.20. The molecular weight excluding hydrogens is 384 g/mol. The van der Waals surface area contributed by atoms with Gasteiger partial charge in [0.2, 0.25) is 11.8 Å². The number of benzene rings is 2. The van der Waals surface area contributed by atoms with Crippen LogP contribution in [0.1, 0.15) is 49.3 Å². The van der Waals surface area contributed by atoms with Gasteiger partial charge in [-0.2, -0.15) is 0 Å². The largest absolute Gasteiger partial charge is 0.352 e. The molecule has 1 atom stereocenters. The summed E-state index contributed by atoms with van der Waals surface area (Å²) in [6, 6.07) is 15.0. The summed E-state index contributed by atoms with van der Waals surface area (Å²) in [6.45, 7) is 4.26. The molecule has 154 valence electrons. The van der Waals surface area contributed by atoms with Crippen LogP contribution in [0.25, 0.3) is 0 Å². The van der Waals surface area contributed by atoms with Gasteiger partial charge in [-0.15, -0.1) is 0 Å². The van der Waals surface area contributed by atoms with Gasteiger partial charge in [0.15, 0.2) is 0 Å². The number of nitrogens with one attached hydrogen (secondary N) is 1. The van der Waals surface area contributed by atoms with E-state index in [1.807, 2.05) is 44.2 Å². The molecule has 1 aliphatic carbocycles. The molecule has 0 spiro atoms. The number of hydrogen-bond acceptors (Lipinski definition) is 2. The fraction of sp³-hybridized carbons (Fsp3) is 0.417. The lowest BCUT2D eigenvalue weighted by Crippen LogP contribution is -2.50. The van der Waals surface area contributed by atoms with Crippen molar-refractivity contribution in [3.63, 3.8) is 0 Å². The summed E-state index contributed by atoms with van der Waals surface area (Å²) >= 11 is 5.96. The van der Waals surface area contributed by atoms with Gasteiger partial charge in [0, 0.05) is 17.6 Å². The number of nitrogens with zero attached hydrogens (tertiary/aromatic N) is 1. The van der Waals surface area contributed by atoms with Crippen LogP contribution < -0.4 is 5.32 Å². The van der Waals surface area contributed by atoms with E-state index in [2.05, 4.69) is 11.4 Å². The molecule has 1 aliphatic rings. The number of halogens is 1. The first kappa shape index (κ1) is 21.4. The normalized spacial score (nSPS) is 15.1. The highest BCUT2D eigenvalue weighted by Crippen LogP contribution is 2.19. The van der Waals surface area contributed by atoms with E-state index in [1.165, 1.54) is 0 Å². The molecule has 0 saturated heterocycles.